The van der Waals surface area contributed by atoms with Crippen LogP contribution in [0.25, 0.3) is 16.7 Å². The number of hydrogen-bond acceptors (Lipinski definition) is 4. The van der Waals surface area contributed by atoms with Gasteiger partial charge >= 0.3 is 0 Å². The van der Waals surface area contributed by atoms with Gasteiger partial charge in [0, 0.05) is 30.9 Å². The van der Waals surface area contributed by atoms with Gasteiger partial charge in [0.05, 0.1) is 16.8 Å². The Bertz CT molecular complexity index is 1260. The summed E-state index contributed by atoms with van der Waals surface area (Å²) in [4.78, 5) is 26.8. The fourth-order valence-corrected chi connectivity index (χ4v) is 3.43. The Morgan fingerprint density at radius 1 is 1.07 bits per heavy atom. The van der Waals surface area contributed by atoms with Crippen molar-refractivity contribution in [1.29, 1.82) is 0 Å². The van der Waals surface area contributed by atoms with Crippen LogP contribution in [0.1, 0.15) is 27.5 Å². The molecular weight excluding hydrogens is 366 g/mol. The first-order valence-electron chi connectivity index (χ1n) is 9.34. The highest BCUT2D eigenvalue weighted by Gasteiger charge is 2.20. The van der Waals surface area contributed by atoms with Crippen LogP contribution in [0.4, 0.5) is 0 Å². The lowest BCUT2D eigenvalue weighted by atomic mass is 10.1. The summed E-state index contributed by atoms with van der Waals surface area (Å²) in [5.74, 6) is -0.318. The maximum atomic E-state index is 12.9. The minimum atomic E-state index is -0.348. The van der Waals surface area contributed by atoms with Crippen LogP contribution in [-0.4, -0.2) is 27.6 Å². The summed E-state index contributed by atoms with van der Waals surface area (Å²) in [5, 5.41) is 5.09. The molecule has 0 atom stereocenters. The maximum absolute atomic E-state index is 12.9. The van der Waals surface area contributed by atoms with Gasteiger partial charge in [0.15, 0.2) is 11.2 Å². The number of para-hydroxylation sites is 2. The third-order valence-corrected chi connectivity index (χ3v) is 5.03. The van der Waals surface area contributed by atoms with Gasteiger partial charge in [0.2, 0.25) is 0 Å². The van der Waals surface area contributed by atoms with Gasteiger partial charge in [-0.25, -0.2) is 4.68 Å². The molecule has 6 heteroatoms. The summed E-state index contributed by atoms with van der Waals surface area (Å²) in [5.41, 5.74) is 3.93. The Morgan fingerprint density at radius 2 is 1.76 bits per heavy atom. The highest BCUT2D eigenvalue weighted by Crippen LogP contribution is 2.20. The van der Waals surface area contributed by atoms with Crippen LogP contribution in [0, 0.1) is 13.8 Å². The molecule has 0 saturated carbocycles. The van der Waals surface area contributed by atoms with Crippen molar-refractivity contribution in [2.75, 3.05) is 7.05 Å². The molecule has 0 N–H and O–H groups in total. The maximum Gasteiger partial charge on any atom is 0.289 e. The van der Waals surface area contributed by atoms with E-state index >= 15 is 0 Å². The zero-order chi connectivity index (χ0) is 20.5. The van der Waals surface area contributed by atoms with Crippen molar-refractivity contribution in [3.63, 3.8) is 0 Å². The molecule has 29 heavy (non-hydrogen) atoms. The first kappa shape index (κ1) is 18.7. The van der Waals surface area contributed by atoms with Crippen molar-refractivity contribution in [2.24, 2.45) is 0 Å². The smallest absolute Gasteiger partial charge is 0.289 e. The number of rotatable bonds is 4. The van der Waals surface area contributed by atoms with E-state index in [1.807, 2.05) is 48.9 Å². The minimum absolute atomic E-state index is 0.0296. The highest BCUT2D eigenvalue weighted by atomic mass is 16.3. The van der Waals surface area contributed by atoms with Crippen LogP contribution >= 0.6 is 0 Å². The normalized spacial score (nSPS) is 11.0. The number of fused-ring (bicyclic) bond motifs is 1. The molecule has 1 amide bonds. The Labute approximate surface area is 168 Å². The second kappa shape index (κ2) is 7.39. The number of hydrogen-bond donors (Lipinski definition) is 0. The van der Waals surface area contributed by atoms with Crippen LogP contribution in [0.15, 0.2) is 69.9 Å². The monoisotopic (exact) mass is 387 g/mol. The van der Waals surface area contributed by atoms with Crippen molar-refractivity contribution in [3.8, 4) is 5.69 Å². The Kier molecular flexibility index (Phi) is 4.76. The van der Waals surface area contributed by atoms with Crippen molar-refractivity contribution < 1.29 is 9.21 Å². The summed E-state index contributed by atoms with van der Waals surface area (Å²) in [7, 11) is 1.69. The molecule has 0 unspecified atom stereocenters. The molecule has 0 bridgehead atoms. The van der Waals surface area contributed by atoms with Gasteiger partial charge < -0.3 is 9.32 Å². The van der Waals surface area contributed by atoms with E-state index < -0.39 is 0 Å². The third-order valence-electron chi connectivity index (χ3n) is 5.03. The topological polar surface area (TPSA) is 68.3 Å². The number of aromatic nitrogens is 2. The van der Waals surface area contributed by atoms with E-state index in [9.17, 15) is 9.59 Å². The molecule has 4 rings (SSSR count). The van der Waals surface area contributed by atoms with E-state index in [4.69, 9.17) is 4.42 Å². The molecule has 0 aliphatic heterocycles. The summed E-state index contributed by atoms with van der Waals surface area (Å²) >= 11 is 0. The van der Waals surface area contributed by atoms with Gasteiger partial charge in [-0.05, 0) is 38.1 Å². The number of nitrogens with zero attached hydrogens (tertiary/aromatic N) is 3. The largest absolute Gasteiger partial charge is 0.451 e. The van der Waals surface area contributed by atoms with Crippen LogP contribution in [0.2, 0.25) is 0 Å². The Hall–Kier alpha value is -3.67. The number of carbonyl (C=O) groups is 1. The third kappa shape index (κ3) is 3.45. The molecule has 146 valence electrons. The molecular formula is C23H21N3O3. The molecule has 2 aromatic heterocycles. The molecule has 2 aromatic carbocycles. The van der Waals surface area contributed by atoms with E-state index in [2.05, 4.69) is 5.10 Å². The van der Waals surface area contributed by atoms with Crippen molar-refractivity contribution in [3.05, 3.63) is 93.6 Å². The summed E-state index contributed by atoms with van der Waals surface area (Å²) in [6.07, 6.45) is 0. The van der Waals surface area contributed by atoms with Crippen LogP contribution in [0.3, 0.4) is 0 Å². The van der Waals surface area contributed by atoms with Gasteiger partial charge in [-0.15, -0.1) is 0 Å². The quantitative estimate of drug-likeness (QED) is 0.533. The lowest BCUT2D eigenvalue weighted by molar-refractivity contribution is 0.0753. The fourth-order valence-electron chi connectivity index (χ4n) is 3.43. The van der Waals surface area contributed by atoms with E-state index in [1.54, 1.807) is 36.2 Å². The molecule has 0 spiro atoms. The van der Waals surface area contributed by atoms with E-state index in [0.29, 0.717) is 17.5 Å². The molecule has 0 aliphatic carbocycles. The second-order valence-electron chi connectivity index (χ2n) is 7.03. The first-order valence-corrected chi connectivity index (χ1v) is 9.34. The van der Waals surface area contributed by atoms with Gasteiger partial charge in [0.25, 0.3) is 5.91 Å². The first-order chi connectivity index (χ1) is 14.0. The van der Waals surface area contributed by atoms with Crippen molar-refractivity contribution in [2.45, 2.75) is 20.4 Å². The van der Waals surface area contributed by atoms with Crippen molar-refractivity contribution >= 4 is 16.9 Å². The predicted molar refractivity (Wildman–Crippen MR) is 111 cm³/mol. The molecule has 0 saturated heterocycles. The zero-order valence-electron chi connectivity index (χ0n) is 16.5. The second-order valence-corrected chi connectivity index (χ2v) is 7.03. The SMILES string of the molecule is Cc1nn(-c2ccccc2)c(C)c1CN(C)C(=O)c1cc(=O)c2ccccc2o1. The lowest BCUT2D eigenvalue weighted by Crippen LogP contribution is -2.27. The minimum Gasteiger partial charge on any atom is -0.451 e. The van der Waals surface area contributed by atoms with E-state index in [0.717, 1.165) is 22.6 Å². The van der Waals surface area contributed by atoms with E-state index in [-0.39, 0.29) is 17.1 Å². The van der Waals surface area contributed by atoms with Crippen LogP contribution in [0.5, 0.6) is 0 Å². The molecule has 2 heterocycles. The number of carbonyl (C=O) groups excluding carboxylic acids is 1. The standard InChI is InChI=1S/C23H21N3O3/c1-15-19(16(2)26(24-15)17-9-5-4-6-10-17)14-25(3)23(28)22-13-20(27)18-11-7-8-12-21(18)29-22/h4-13H,14H2,1-3H3. The van der Waals surface area contributed by atoms with Gasteiger partial charge in [-0.3, -0.25) is 9.59 Å². The average Bonchev–Trinajstić information content (AvgIpc) is 3.02. The molecule has 0 fully saturated rings. The van der Waals surface area contributed by atoms with E-state index in [1.165, 1.54) is 6.07 Å². The molecule has 4 aromatic rings. The molecule has 0 radical (unpaired) electrons. The summed E-state index contributed by atoms with van der Waals surface area (Å²) in [6, 6.07) is 18.0. The number of amides is 1. The Morgan fingerprint density at radius 3 is 2.52 bits per heavy atom. The average molecular weight is 387 g/mol. The highest BCUT2D eigenvalue weighted by molar-refractivity contribution is 5.93. The lowest BCUT2D eigenvalue weighted by Gasteiger charge is -2.17. The Balaban J connectivity index is 1.63. The van der Waals surface area contributed by atoms with Gasteiger partial charge in [-0.2, -0.15) is 5.10 Å². The van der Waals surface area contributed by atoms with Gasteiger partial charge in [0.1, 0.15) is 5.58 Å². The summed E-state index contributed by atoms with van der Waals surface area (Å²) in [6.45, 7) is 4.27. The molecule has 0 aliphatic rings. The summed E-state index contributed by atoms with van der Waals surface area (Å²) < 4.78 is 7.56. The molecule has 6 nitrogen and oxygen atoms in total. The zero-order valence-corrected chi connectivity index (χ0v) is 16.5. The van der Waals surface area contributed by atoms with Crippen molar-refractivity contribution in [1.82, 2.24) is 14.7 Å². The van der Waals surface area contributed by atoms with Crippen LogP contribution < -0.4 is 5.43 Å². The van der Waals surface area contributed by atoms with Crippen LogP contribution in [-0.2, 0) is 6.54 Å². The predicted octanol–water partition coefficient (Wildman–Crippen LogP) is 3.87. The van der Waals surface area contributed by atoms with Gasteiger partial charge in [-0.1, -0.05) is 30.3 Å². The number of benzene rings is 2. The number of aryl methyl sites for hydroxylation is 1. The fraction of sp³-hybridized carbons (Fsp3) is 0.174.